The molecule has 2 atom stereocenters. The Morgan fingerprint density at radius 3 is 2.57 bits per heavy atom. The van der Waals surface area contributed by atoms with E-state index in [1.165, 1.54) is 6.42 Å². The third-order valence-corrected chi connectivity index (χ3v) is 3.31. The van der Waals surface area contributed by atoms with Crippen LogP contribution in [0.3, 0.4) is 0 Å². The Bertz CT molecular complexity index is 205. The van der Waals surface area contributed by atoms with Crippen LogP contribution >= 0.6 is 0 Å². The van der Waals surface area contributed by atoms with Crippen molar-refractivity contribution in [3.63, 3.8) is 0 Å². The highest BCUT2D eigenvalue weighted by Gasteiger charge is 2.31. The smallest absolute Gasteiger partial charge is 0.222 e. The number of carbonyl (C=O) groups excluding carboxylic acids is 1. The van der Waals surface area contributed by atoms with Crippen molar-refractivity contribution in [3.8, 4) is 0 Å². The van der Waals surface area contributed by atoms with Crippen molar-refractivity contribution >= 4 is 5.91 Å². The maximum absolute atomic E-state index is 11.7. The molecule has 0 saturated carbocycles. The lowest BCUT2D eigenvalue weighted by Crippen LogP contribution is -2.52. The Kier molecular flexibility index (Phi) is 3.06. The summed E-state index contributed by atoms with van der Waals surface area (Å²) in [4.78, 5) is 13.8. The van der Waals surface area contributed by atoms with Gasteiger partial charge in [0.1, 0.15) is 0 Å². The molecule has 0 radical (unpaired) electrons. The van der Waals surface area contributed by atoms with Gasteiger partial charge in [-0.25, -0.2) is 0 Å². The summed E-state index contributed by atoms with van der Waals surface area (Å²) in [5.41, 5.74) is 0. The third kappa shape index (κ3) is 2.08. The standard InChI is InChI=1S/C11H20N2O/c1-2-3-11(14)13-7-9-4-10(8-13)6-12-5-9/h9-10,12H,2-8H2,1H3/t9-,10+. The predicted molar refractivity (Wildman–Crippen MR) is 56.0 cm³/mol. The van der Waals surface area contributed by atoms with Gasteiger partial charge in [0, 0.05) is 19.5 Å². The molecule has 0 aromatic carbocycles. The molecule has 2 rings (SSSR count). The number of hydrogen-bond acceptors (Lipinski definition) is 2. The molecule has 2 heterocycles. The van der Waals surface area contributed by atoms with Crippen LogP contribution in [0.5, 0.6) is 0 Å². The van der Waals surface area contributed by atoms with Crippen molar-refractivity contribution < 1.29 is 4.79 Å². The fourth-order valence-electron chi connectivity index (χ4n) is 2.68. The number of amides is 1. The first-order chi connectivity index (χ1) is 6.79. The molecule has 2 bridgehead atoms. The third-order valence-electron chi connectivity index (χ3n) is 3.31. The van der Waals surface area contributed by atoms with Gasteiger partial charge in [-0.2, -0.15) is 0 Å². The quantitative estimate of drug-likeness (QED) is 0.710. The fraction of sp³-hybridized carbons (Fsp3) is 0.909. The van der Waals surface area contributed by atoms with E-state index >= 15 is 0 Å². The van der Waals surface area contributed by atoms with Crippen LogP contribution in [-0.4, -0.2) is 37.0 Å². The first-order valence-electron chi connectivity index (χ1n) is 5.78. The number of nitrogens with zero attached hydrogens (tertiary/aromatic N) is 1. The zero-order valence-corrected chi connectivity index (χ0v) is 8.96. The molecule has 3 nitrogen and oxygen atoms in total. The van der Waals surface area contributed by atoms with Gasteiger partial charge in [0.2, 0.25) is 5.91 Å². The van der Waals surface area contributed by atoms with Crippen LogP contribution in [0.2, 0.25) is 0 Å². The molecule has 0 aromatic heterocycles. The van der Waals surface area contributed by atoms with Crippen LogP contribution in [0.4, 0.5) is 0 Å². The first-order valence-corrected chi connectivity index (χ1v) is 5.78. The zero-order chi connectivity index (χ0) is 9.97. The van der Waals surface area contributed by atoms with E-state index in [0.29, 0.717) is 17.7 Å². The lowest BCUT2D eigenvalue weighted by atomic mass is 9.86. The number of rotatable bonds is 2. The molecule has 0 aromatic rings. The van der Waals surface area contributed by atoms with Gasteiger partial charge in [-0.15, -0.1) is 0 Å². The van der Waals surface area contributed by atoms with Gasteiger partial charge in [0.25, 0.3) is 0 Å². The Balaban J connectivity index is 1.91. The van der Waals surface area contributed by atoms with Gasteiger partial charge in [-0.1, -0.05) is 6.92 Å². The fourth-order valence-corrected chi connectivity index (χ4v) is 2.68. The second-order valence-electron chi connectivity index (χ2n) is 4.67. The highest BCUT2D eigenvalue weighted by atomic mass is 16.2. The van der Waals surface area contributed by atoms with Crippen LogP contribution in [0.25, 0.3) is 0 Å². The van der Waals surface area contributed by atoms with Gasteiger partial charge in [-0.05, 0) is 37.8 Å². The average molecular weight is 196 g/mol. The highest BCUT2D eigenvalue weighted by Crippen LogP contribution is 2.24. The summed E-state index contributed by atoms with van der Waals surface area (Å²) in [6.07, 6.45) is 3.03. The molecule has 2 aliphatic heterocycles. The van der Waals surface area contributed by atoms with E-state index in [0.717, 1.165) is 39.0 Å². The SMILES string of the molecule is CCCC(=O)N1C[C@@H]2CNC[C@@H](C2)C1. The van der Waals surface area contributed by atoms with Crippen molar-refractivity contribution in [2.75, 3.05) is 26.2 Å². The Labute approximate surface area is 85.8 Å². The van der Waals surface area contributed by atoms with E-state index in [9.17, 15) is 4.79 Å². The number of nitrogens with one attached hydrogen (secondary N) is 1. The average Bonchev–Trinajstić information content (AvgIpc) is 2.17. The Hall–Kier alpha value is -0.570. The van der Waals surface area contributed by atoms with Crippen molar-refractivity contribution in [3.05, 3.63) is 0 Å². The molecule has 1 N–H and O–H groups in total. The van der Waals surface area contributed by atoms with Crippen molar-refractivity contribution in [2.24, 2.45) is 11.8 Å². The predicted octanol–water partition coefficient (Wildman–Crippen LogP) is 0.854. The molecule has 3 heteroatoms. The zero-order valence-electron chi connectivity index (χ0n) is 8.96. The normalized spacial score (nSPS) is 31.6. The Morgan fingerprint density at radius 1 is 1.36 bits per heavy atom. The van der Waals surface area contributed by atoms with Crippen LogP contribution in [0.15, 0.2) is 0 Å². The summed E-state index contributed by atoms with van der Waals surface area (Å²) in [5, 5.41) is 3.44. The van der Waals surface area contributed by atoms with E-state index in [1.54, 1.807) is 0 Å². The number of carbonyl (C=O) groups is 1. The van der Waals surface area contributed by atoms with Crippen LogP contribution in [-0.2, 0) is 4.79 Å². The van der Waals surface area contributed by atoms with Crippen LogP contribution in [0.1, 0.15) is 26.2 Å². The molecule has 0 unspecified atom stereocenters. The molecule has 14 heavy (non-hydrogen) atoms. The van der Waals surface area contributed by atoms with E-state index < -0.39 is 0 Å². The molecule has 1 amide bonds. The second kappa shape index (κ2) is 4.30. The maximum Gasteiger partial charge on any atom is 0.222 e. The molecule has 0 spiro atoms. The summed E-state index contributed by atoms with van der Waals surface area (Å²) < 4.78 is 0. The summed E-state index contributed by atoms with van der Waals surface area (Å²) in [7, 11) is 0. The van der Waals surface area contributed by atoms with Crippen molar-refractivity contribution in [1.29, 1.82) is 0 Å². The summed E-state index contributed by atoms with van der Waals surface area (Å²) in [6.45, 7) is 6.26. The van der Waals surface area contributed by atoms with E-state index in [1.807, 2.05) is 0 Å². The van der Waals surface area contributed by atoms with Gasteiger partial charge >= 0.3 is 0 Å². The van der Waals surface area contributed by atoms with E-state index in [-0.39, 0.29) is 0 Å². The first kappa shape index (κ1) is 9.97. The summed E-state index contributed by atoms with van der Waals surface area (Å²) in [6, 6.07) is 0. The summed E-state index contributed by atoms with van der Waals surface area (Å²) >= 11 is 0. The van der Waals surface area contributed by atoms with Crippen LogP contribution in [0, 0.1) is 11.8 Å². The monoisotopic (exact) mass is 196 g/mol. The number of fused-ring (bicyclic) bond motifs is 2. The number of likely N-dealkylation sites (tertiary alicyclic amines) is 1. The van der Waals surface area contributed by atoms with Crippen molar-refractivity contribution in [1.82, 2.24) is 10.2 Å². The second-order valence-corrected chi connectivity index (χ2v) is 4.67. The number of hydrogen-bond donors (Lipinski definition) is 1. The summed E-state index contributed by atoms with van der Waals surface area (Å²) in [5.74, 6) is 1.79. The minimum absolute atomic E-state index is 0.365. The molecular formula is C11H20N2O. The highest BCUT2D eigenvalue weighted by molar-refractivity contribution is 5.76. The molecule has 2 saturated heterocycles. The van der Waals surface area contributed by atoms with Gasteiger partial charge in [-0.3, -0.25) is 4.79 Å². The lowest BCUT2D eigenvalue weighted by molar-refractivity contribution is -0.134. The van der Waals surface area contributed by atoms with Crippen LogP contribution < -0.4 is 5.32 Å². The van der Waals surface area contributed by atoms with E-state index in [4.69, 9.17) is 0 Å². The minimum atomic E-state index is 0.365. The molecule has 2 fully saturated rings. The topological polar surface area (TPSA) is 32.3 Å². The molecule has 2 aliphatic rings. The van der Waals surface area contributed by atoms with Gasteiger partial charge in [0.05, 0.1) is 0 Å². The molecular weight excluding hydrogens is 176 g/mol. The molecule has 80 valence electrons. The van der Waals surface area contributed by atoms with E-state index in [2.05, 4.69) is 17.1 Å². The minimum Gasteiger partial charge on any atom is -0.342 e. The van der Waals surface area contributed by atoms with Gasteiger partial charge < -0.3 is 10.2 Å². The molecule has 0 aliphatic carbocycles. The van der Waals surface area contributed by atoms with Crippen molar-refractivity contribution in [2.45, 2.75) is 26.2 Å². The Morgan fingerprint density at radius 2 is 2.00 bits per heavy atom. The maximum atomic E-state index is 11.7. The number of piperidine rings is 2. The largest absolute Gasteiger partial charge is 0.342 e. The van der Waals surface area contributed by atoms with Gasteiger partial charge in [0.15, 0.2) is 0 Å². The lowest BCUT2D eigenvalue weighted by Gasteiger charge is -2.41.